The first-order valence-corrected chi connectivity index (χ1v) is 6.61. The van der Waals surface area contributed by atoms with Crippen LogP contribution in [0.1, 0.15) is 23.5 Å². The van der Waals surface area contributed by atoms with Crippen molar-refractivity contribution in [1.29, 1.82) is 5.26 Å². The minimum absolute atomic E-state index is 0.258. The van der Waals surface area contributed by atoms with Crippen molar-refractivity contribution in [1.82, 2.24) is 4.98 Å². The van der Waals surface area contributed by atoms with Crippen molar-refractivity contribution in [3.05, 3.63) is 16.1 Å². The number of methoxy groups -OCH3 is 1. The highest BCUT2D eigenvalue weighted by atomic mass is 32.1. The molecule has 1 aliphatic rings. The second-order valence-corrected chi connectivity index (χ2v) is 5.12. The second kappa shape index (κ2) is 5.58. The van der Waals surface area contributed by atoms with Crippen LogP contribution in [0.25, 0.3) is 0 Å². The Balaban J connectivity index is 1.77. The summed E-state index contributed by atoms with van der Waals surface area (Å²) < 4.78 is 10.3. The molecule has 0 amide bonds. The normalized spacial score (nSPS) is 16.7. The number of thiazole rings is 1. The van der Waals surface area contributed by atoms with Crippen molar-refractivity contribution in [2.45, 2.75) is 24.7 Å². The van der Waals surface area contributed by atoms with E-state index in [9.17, 15) is 0 Å². The first-order valence-electron chi connectivity index (χ1n) is 5.73. The van der Waals surface area contributed by atoms with Gasteiger partial charge in [0.15, 0.2) is 0 Å². The van der Waals surface area contributed by atoms with E-state index in [1.54, 1.807) is 18.4 Å². The van der Waals surface area contributed by atoms with Crippen LogP contribution in [0.5, 0.6) is 0 Å². The molecule has 17 heavy (non-hydrogen) atoms. The molecular weight excluding hydrogens is 236 g/mol. The largest absolute Gasteiger partial charge is 0.382 e. The number of ether oxygens (including phenoxy) is 2. The molecule has 0 spiro atoms. The molecule has 4 nitrogen and oxygen atoms in total. The molecule has 92 valence electrons. The fraction of sp³-hybridized carbons (Fsp3) is 0.667. The lowest BCUT2D eigenvalue weighted by Crippen LogP contribution is -2.06. The summed E-state index contributed by atoms with van der Waals surface area (Å²) in [5.74, 6) is 0. The number of hydrogen-bond donors (Lipinski definition) is 0. The van der Waals surface area contributed by atoms with Crippen LogP contribution in [-0.2, 0) is 21.3 Å². The van der Waals surface area contributed by atoms with Gasteiger partial charge in [-0.2, -0.15) is 5.26 Å². The van der Waals surface area contributed by atoms with Crippen LogP contribution in [0.4, 0.5) is 0 Å². The van der Waals surface area contributed by atoms with Gasteiger partial charge in [-0.15, -0.1) is 11.3 Å². The summed E-state index contributed by atoms with van der Waals surface area (Å²) in [7, 11) is 1.66. The molecule has 0 aliphatic heterocycles. The zero-order valence-electron chi connectivity index (χ0n) is 9.94. The van der Waals surface area contributed by atoms with E-state index >= 15 is 0 Å². The van der Waals surface area contributed by atoms with Crippen molar-refractivity contribution in [2.75, 3.05) is 26.9 Å². The van der Waals surface area contributed by atoms with E-state index < -0.39 is 0 Å². The van der Waals surface area contributed by atoms with Crippen LogP contribution in [-0.4, -0.2) is 31.9 Å². The van der Waals surface area contributed by atoms with Gasteiger partial charge in [0.05, 0.1) is 36.6 Å². The van der Waals surface area contributed by atoms with Gasteiger partial charge >= 0.3 is 0 Å². The molecule has 0 N–H and O–H groups in total. The van der Waals surface area contributed by atoms with Gasteiger partial charge in [-0.05, 0) is 12.8 Å². The average molecular weight is 252 g/mol. The molecule has 1 heterocycles. The molecule has 0 bridgehead atoms. The molecule has 1 aromatic rings. The molecule has 0 saturated heterocycles. The number of nitrogens with zero attached hydrogens (tertiary/aromatic N) is 2. The lowest BCUT2D eigenvalue weighted by Gasteiger charge is -2.01. The summed E-state index contributed by atoms with van der Waals surface area (Å²) in [5.41, 5.74) is 0.697. The number of rotatable bonds is 7. The summed E-state index contributed by atoms with van der Waals surface area (Å²) in [6.45, 7) is 1.91. The van der Waals surface area contributed by atoms with Crippen molar-refractivity contribution < 1.29 is 9.47 Å². The van der Waals surface area contributed by atoms with Crippen LogP contribution in [0.3, 0.4) is 0 Å². The maximum absolute atomic E-state index is 9.07. The highest BCUT2D eigenvalue weighted by Crippen LogP contribution is 2.47. The first-order chi connectivity index (χ1) is 8.30. The molecule has 0 aromatic carbocycles. The summed E-state index contributed by atoms with van der Waals surface area (Å²) in [6.07, 6.45) is 2.73. The van der Waals surface area contributed by atoms with Crippen molar-refractivity contribution in [2.24, 2.45) is 0 Å². The Morgan fingerprint density at radius 1 is 1.47 bits per heavy atom. The van der Waals surface area contributed by atoms with Gasteiger partial charge in [0.2, 0.25) is 0 Å². The summed E-state index contributed by atoms with van der Waals surface area (Å²) in [4.78, 5) is 4.52. The van der Waals surface area contributed by atoms with Gasteiger partial charge in [-0.3, -0.25) is 0 Å². The molecule has 1 saturated carbocycles. The Hall–Kier alpha value is -0.960. The van der Waals surface area contributed by atoms with E-state index in [1.807, 2.05) is 5.38 Å². The summed E-state index contributed by atoms with van der Waals surface area (Å²) >= 11 is 1.62. The van der Waals surface area contributed by atoms with E-state index in [0.29, 0.717) is 19.8 Å². The number of nitriles is 1. The van der Waals surface area contributed by atoms with Gasteiger partial charge in [0, 0.05) is 18.9 Å². The Labute approximate surface area is 105 Å². The van der Waals surface area contributed by atoms with Crippen LogP contribution in [0.2, 0.25) is 0 Å². The van der Waals surface area contributed by atoms with Gasteiger partial charge in [0.25, 0.3) is 0 Å². The highest BCUT2D eigenvalue weighted by molar-refractivity contribution is 7.09. The van der Waals surface area contributed by atoms with Crippen LogP contribution in [0.15, 0.2) is 5.38 Å². The molecule has 0 atom stereocenters. The molecule has 2 rings (SSSR count). The standard InChI is InChI=1S/C12H16N2O2S/c1-15-6-7-16-5-2-11-14-10(8-17-11)12(9-13)3-4-12/h8H,2-7H2,1H3. The molecule has 0 radical (unpaired) electrons. The Kier molecular flexibility index (Phi) is 4.11. The predicted octanol–water partition coefficient (Wildman–Crippen LogP) is 1.90. The summed E-state index contributed by atoms with van der Waals surface area (Å²) in [5, 5.41) is 12.1. The third-order valence-electron chi connectivity index (χ3n) is 2.90. The Morgan fingerprint density at radius 2 is 2.29 bits per heavy atom. The summed E-state index contributed by atoms with van der Waals surface area (Å²) in [6, 6.07) is 2.36. The first kappa shape index (κ1) is 12.5. The lowest BCUT2D eigenvalue weighted by atomic mass is 10.1. The maximum atomic E-state index is 9.07. The van der Waals surface area contributed by atoms with E-state index in [0.717, 1.165) is 30.0 Å². The van der Waals surface area contributed by atoms with E-state index in [2.05, 4.69) is 11.1 Å². The second-order valence-electron chi connectivity index (χ2n) is 4.18. The van der Waals surface area contributed by atoms with Crippen molar-refractivity contribution >= 4 is 11.3 Å². The number of aromatic nitrogens is 1. The topological polar surface area (TPSA) is 55.1 Å². The molecule has 1 aliphatic carbocycles. The van der Waals surface area contributed by atoms with Crippen molar-refractivity contribution in [3.8, 4) is 6.07 Å². The third kappa shape index (κ3) is 3.03. The molecule has 1 fully saturated rings. The lowest BCUT2D eigenvalue weighted by molar-refractivity contribution is 0.0722. The minimum Gasteiger partial charge on any atom is -0.382 e. The predicted molar refractivity (Wildman–Crippen MR) is 65.0 cm³/mol. The van der Waals surface area contributed by atoms with Crippen LogP contribution in [0, 0.1) is 11.3 Å². The van der Waals surface area contributed by atoms with E-state index in [4.69, 9.17) is 14.7 Å². The average Bonchev–Trinajstić information content (AvgIpc) is 3.02. The maximum Gasteiger partial charge on any atom is 0.100 e. The van der Waals surface area contributed by atoms with Gasteiger partial charge in [-0.1, -0.05) is 0 Å². The van der Waals surface area contributed by atoms with Gasteiger partial charge < -0.3 is 9.47 Å². The minimum atomic E-state index is -0.258. The smallest absolute Gasteiger partial charge is 0.100 e. The Bertz CT molecular complexity index is 407. The molecular formula is C12H16N2O2S. The van der Waals surface area contributed by atoms with E-state index in [-0.39, 0.29) is 5.41 Å². The third-order valence-corrected chi connectivity index (χ3v) is 3.81. The van der Waals surface area contributed by atoms with Crippen molar-refractivity contribution in [3.63, 3.8) is 0 Å². The SMILES string of the molecule is COCCOCCc1nc(C2(C#N)CC2)cs1. The molecule has 1 aromatic heterocycles. The highest BCUT2D eigenvalue weighted by Gasteiger charge is 2.46. The van der Waals surface area contributed by atoms with Gasteiger partial charge in [0.1, 0.15) is 5.41 Å². The molecule has 0 unspecified atom stereocenters. The number of hydrogen-bond acceptors (Lipinski definition) is 5. The Morgan fingerprint density at radius 3 is 2.94 bits per heavy atom. The molecule has 5 heteroatoms. The van der Waals surface area contributed by atoms with Crippen LogP contribution < -0.4 is 0 Å². The van der Waals surface area contributed by atoms with E-state index in [1.165, 1.54) is 0 Å². The fourth-order valence-electron chi connectivity index (χ4n) is 1.60. The van der Waals surface area contributed by atoms with Crippen LogP contribution >= 0.6 is 11.3 Å². The monoisotopic (exact) mass is 252 g/mol. The zero-order valence-corrected chi connectivity index (χ0v) is 10.8. The quantitative estimate of drug-likeness (QED) is 0.695. The fourth-order valence-corrected chi connectivity index (χ4v) is 2.48. The van der Waals surface area contributed by atoms with Gasteiger partial charge in [-0.25, -0.2) is 4.98 Å². The zero-order chi connectivity index (χ0) is 12.1.